The molecule has 6 heteroatoms. The average Bonchev–Trinajstić information content (AvgIpc) is 2.72. The number of nitrogens with zero attached hydrogens (tertiary/aromatic N) is 1. The second-order valence-corrected chi connectivity index (χ2v) is 9.15. The Morgan fingerprint density at radius 3 is 2.43 bits per heavy atom. The van der Waals surface area contributed by atoms with Gasteiger partial charge < -0.3 is 5.32 Å². The Bertz CT molecular complexity index is 1260. The molecular formula is C24H22N2O3S. The highest BCUT2D eigenvalue weighted by atomic mass is 32.2. The minimum Gasteiger partial charge on any atom is -0.360 e. The number of carbonyl (C=O) groups excluding carboxylic acids is 1. The van der Waals surface area contributed by atoms with E-state index in [1.807, 2.05) is 62.4 Å². The number of fused-ring (bicyclic) bond motifs is 1. The van der Waals surface area contributed by atoms with Crippen molar-refractivity contribution in [3.05, 3.63) is 106 Å². The molecule has 0 saturated heterocycles. The molecule has 0 amide bonds. The zero-order valence-corrected chi connectivity index (χ0v) is 17.6. The number of anilines is 2. The van der Waals surface area contributed by atoms with Crippen LogP contribution in [0.3, 0.4) is 0 Å². The number of Topliss-reactive ketones (excluding diaryl/α,β-unsaturated/α-hetero) is 1. The van der Waals surface area contributed by atoms with E-state index in [0.29, 0.717) is 11.3 Å². The van der Waals surface area contributed by atoms with Gasteiger partial charge in [-0.25, -0.2) is 8.42 Å². The smallest absolute Gasteiger partial charge is 0.270 e. The molecule has 0 aliphatic carbocycles. The van der Waals surface area contributed by atoms with Crippen LogP contribution in [0, 0.1) is 13.8 Å². The molecule has 0 aromatic heterocycles. The van der Waals surface area contributed by atoms with Gasteiger partial charge in [0.2, 0.25) is 5.78 Å². The summed E-state index contributed by atoms with van der Waals surface area (Å²) in [5.74, 6) is -0.507. The summed E-state index contributed by atoms with van der Waals surface area (Å²) < 4.78 is 28.3. The van der Waals surface area contributed by atoms with Crippen LogP contribution in [0.1, 0.15) is 27.0 Å². The van der Waals surface area contributed by atoms with E-state index >= 15 is 0 Å². The number of rotatable bonds is 4. The first kappa shape index (κ1) is 19.9. The van der Waals surface area contributed by atoms with Crippen molar-refractivity contribution >= 4 is 27.2 Å². The fourth-order valence-electron chi connectivity index (χ4n) is 3.55. The van der Waals surface area contributed by atoms with E-state index in [4.69, 9.17) is 0 Å². The van der Waals surface area contributed by atoms with Crippen LogP contribution in [-0.4, -0.2) is 14.2 Å². The van der Waals surface area contributed by atoms with Gasteiger partial charge in [0.05, 0.1) is 12.2 Å². The molecule has 3 aromatic rings. The zero-order chi connectivity index (χ0) is 21.3. The van der Waals surface area contributed by atoms with Gasteiger partial charge in [0.15, 0.2) is 4.91 Å². The maximum Gasteiger partial charge on any atom is 0.270 e. The third kappa shape index (κ3) is 3.62. The fourth-order valence-corrected chi connectivity index (χ4v) is 5.07. The molecule has 0 bridgehead atoms. The first-order valence-electron chi connectivity index (χ1n) is 9.62. The molecule has 5 nitrogen and oxygen atoms in total. The first-order chi connectivity index (χ1) is 14.4. The molecule has 0 fully saturated rings. The van der Waals surface area contributed by atoms with Crippen LogP contribution in [0.15, 0.2) is 83.9 Å². The maximum absolute atomic E-state index is 13.5. The van der Waals surface area contributed by atoms with Gasteiger partial charge in [0.1, 0.15) is 0 Å². The molecule has 0 atom stereocenters. The van der Waals surface area contributed by atoms with Crippen LogP contribution in [-0.2, 0) is 16.6 Å². The number of para-hydroxylation sites is 2. The summed E-state index contributed by atoms with van der Waals surface area (Å²) in [5, 5.41) is 3.00. The van der Waals surface area contributed by atoms with Gasteiger partial charge in [-0.05, 0) is 43.2 Å². The maximum atomic E-state index is 13.5. The van der Waals surface area contributed by atoms with Crippen molar-refractivity contribution in [2.45, 2.75) is 20.4 Å². The van der Waals surface area contributed by atoms with Gasteiger partial charge in [-0.3, -0.25) is 9.10 Å². The molecule has 3 aromatic carbocycles. The molecule has 1 aliphatic heterocycles. The lowest BCUT2D eigenvalue weighted by Crippen LogP contribution is -2.39. The molecule has 0 radical (unpaired) electrons. The van der Waals surface area contributed by atoms with Crippen LogP contribution >= 0.6 is 0 Å². The normalized spacial score (nSPS) is 16.4. The quantitative estimate of drug-likeness (QED) is 0.619. The molecule has 0 saturated carbocycles. The molecule has 1 heterocycles. The van der Waals surface area contributed by atoms with E-state index in [9.17, 15) is 13.2 Å². The lowest BCUT2D eigenvalue weighted by atomic mass is 10.1. The van der Waals surface area contributed by atoms with E-state index < -0.39 is 15.8 Å². The number of allylic oxidation sites excluding steroid dienone is 1. The summed E-state index contributed by atoms with van der Waals surface area (Å²) in [6, 6.07) is 22.0. The van der Waals surface area contributed by atoms with Crippen LogP contribution in [0.4, 0.5) is 11.4 Å². The molecule has 1 aliphatic rings. The van der Waals surface area contributed by atoms with Gasteiger partial charge in [-0.15, -0.1) is 0 Å². The lowest BCUT2D eigenvalue weighted by molar-refractivity contribution is 0.104. The van der Waals surface area contributed by atoms with E-state index in [0.717, 1.165) is 22.4 Å². The summed E-state index contributed by atoms with van der Waals surface area (Å²) in [7, 11) is -4.04. The number of sulfonamides is 1. The molecule has 0 spiro atoms. The SMILES string of the molecule is Cc1cccc(CN2c3ccccc3C(=O)C(=CNc3ccccc3C)S2(=O)=O)c1. The zero-order valence-electron chi connectivity index (χ0n) is 16.8. The summed E-state index contributed by atoms with van der Waals surface area (Å²) in [6.07, 6.45) is 1.30. The standard InChI is InChI=1S/C24H22N2O3S/c1-17-8-7-10-19(14-17)16-26-22-13-6-4-11-20(22)24(27)23(30(26,28)29)15-25-21-12-5-3-9-18(21)2/h3-15,25H,16H2,1-2H3. The van der Waals surface area contributed by atoms with Crippen molar-refractivity contribution in [1.82, 2.24) is 0 Å². The van der Waals surface area contributed by atoms with Crippen molar-refractivity contribution in [2.24, 2.45) is 0 Å². The number of carbonyl (C=O) groups is 1. The Balaban J connectivity index is 1.80. The Morgan fingerprint density at radius 2 is 1.67 bits per heavy atom. The van der Waals surface area contributed by atoms with E-state index in [2.05, 4.69) is 5.32 Å². The van der Waals surface area contributed by atoms with Crippen LogP contribution in [0.25, 0.3) is 0 Å². The van der Waals surface area contributed by atoms with Crippen molar-refractivity contribution < 1.29 is 13.2 Å². The van der Waals surface area contributed by atoms with Crippen molar-refractivity contribution in [2.75, 3.05) is 9.62 Å². The summed E-state index contributed by atoms with van der Waals surface area (Å²) in [6.45, 7) is 4.02. The predicted molar refractivity (Wildman–Crippen MR) is 120 cm³/mol. The van der Waals surface area contributed by atoms with Gasteiger partial charge in [0, 0.05) is 17.5 Å². The van der Waals surface area contributed by atoms with Gasteiger partial charge in [0.25, 0.3) is 10.0 Å². The largest absolute Gasteiger partial charge is 0.360 e. The minimum atomic E-state index is -4.04. The molecule has 30 heavy (non-hydrogen) atoms. The lowest BCUT2D eigenvalue weighted by Gasteiger charge is -2.31. The van der Waals surface area contributed by atoms with Gasteiger partial charge in [-0.1, -0.05) is 60.2 Å². The van der Waals surface area contributed by atoms with E-state index in [1.165, 1.54) is 10.5 Å². The summed E-state index contributed by atoms with van der Waals surface area (Å²) >= 11 is 0. The number of nitrogens with one attached hydrogen (secondary N) is 1. The molecular weight excluding hydrogens is 396 g/mol. The minimum absolute atomic E-state index is 0.149. The summed E-state index contributed by atoms with van der Waals surface area (Å²) in [4.78, 5) is 12.8. The van der Waals surface area contributed by atoms with Crippen molar-refractivity contribution in [1.29, 1.82) is 0 Å². The Labute approximate surface area is 176 Å². The van der Waals surface area contributed by atoms with Gasteiger partial charge in [-0.2, -0.15) is 0 Å². The monoisotopic (exact) mass is 418 g/mol. The second-order valence-electron chi connectivity index (χ2n) is 7.31. The number of benzene rings is 3. The average molecular weight is 419 g/mol. The van der Waals surface area contributed by atoms with E-state index in [1.54, 1.807) is 24.3 Å². The predicted octanol–water partition coefficient (Wildman–Crippen LogP) is 4.79. The fraction of sp³-hybridized carbons (Fsp3) is 0.125. The van der Waals surface area contributed by atoms with Crippen LogP contribution in [0.5, 0.6) is 0 Å². The number of hydrogen-bond acceptors (Lipinski definition) is 4. The Kier molecular flexibility index (Phi) is 5.18. The topological polar surface area (TPSA) is 66.5 Å². The highest BCUT2D eigenvalue weighted by Crippen LogP contribution is 2.36. The molecule has 0 unspecified atom stereocenters. The van der Waals surface area contributed by atoms with Crippen molar-refractivity contribution in [3.63, 3.8) is 0 Å². The third-order valence-electron chi connectivity index (χ3n) is 5.12. The number of ketones is 1. The second kappa shape index (κ2) is 7.80. The van der Waals surface area contributed by atoms with Crippen LogP contribution < -0.4 is 9.62 Å². The van der Waals surface area contributed by atoms with E-state index in [-0.39, 0.29) is 11.4 Å². The molecule has 4 rings (SSSR count). The van der Waals surface area contributed by atoms with Crippen molar-refractivity contribution in [3.8, 4) is 0 Å². The molecule has 152 valence electrons. The Morgan fingerprint density at radius 1 is 0.933 bits per heavy atom. The number of hydrogen-bond donors (Lipinski definition) is 1. The first-order valence-corrected chi connectivity index (χ1v) is 11.1. The van der Waals surface area contributed by atoms with Gasteiger partial charge >= 0.3 is 0 Å². The summed E-state index contributed by atoms with van der Waals surface area (Å²) in [5.41, 5.74) is 4.37. The highest BCUT2D eigenvalue weighted by molar-refractivity contribution is 7.97. The highest BCUT2D eigenvalue weighted by Gasteiger charge is 2.40. The third-order valence-corrected chi connectivity index (χ3v) is 6.89. The molecule has 1 N–H and O–H groups in total. The van der Waals surface area contributed by atoms with Crippen LogP contribution in [0.2, 0.25) is 0 Å². The number of aryl methyl sites for hydroxylation is 2. The Hall–Kier alpha value is -3.38.